The van der Waals surface area contributed by atoms with E-state index in [-0.39, 0.29) is 11.9 Å². The predicted octanol–water partition coefficient (Wildman–Crippen LogP) is 4.72. The quantitative estimate of drug-likeness (QED) is 0.469. The van der Waals surface area contributed by atoms with Crippen LogP contribution < -0.4 is 5.32 Å². The van der Waals surface area contributed by atoms with Gasteiger partial charge in [0, 0.05) is 11.9 Å². The highest BCUT2D eigenvalue weighted by Crippen LogP contribution is 2.27. The summed E-state index contributed by atoms with van der Waals surface area (Å²) in [4.78, 5) is 14.5. The van der Waals surface area contributed by atoms with E-state index in [9.17, 15) is 4.79 Å². The number of nitrogens with one attached hydrogen (secondary N) is 1. The van der Waals surface area contributed by atoms with Gasteiger partial charge >= 0.3 is 0 Å². The van der Waals surface area contributed by atoms with E-state index >= 15 is 0 Å². The van der Waals surface area contributed by atoms with Crippen LogP contribution in [0.25, 0.3) is 11.0 Å². The minimum Gasteiger partial charge on any atom is -0.459 e. The van der Waals surface area contributed by atoms with Crippen molar-refractivity contribution in [3.05, 3.63) is 81.5 Å². The van der Waals surface area contributed by atoms with Gasteiger partial charge in [-0.3, -0.25) is 9.69 Å². The van der Waals surface area contributed by atoms with Gasteiger partial charge in [-0.25, -0.2) is 0 Å². The molecule has 6 nitrogen and oxygen atoms in total. The Bertz CT molecular complexity index is 1120. The van der Waals surface area contributed by atoms with Gasteiger partial charge in [0.05, 0.1) is 12.6 Å². The molecule has 0 fully saturated rings. The first-order chi connectivity index (χ1) is 14.5. The maximum atomic E-state index is 12.4. The standard InChI is InChI=1S/C23H24N4O2S/c1-15-8-10-17(11-9-15)13-24-22(28)23-26-25-21(30-23)14-27(3)16(2)20-12-18-6-4-5-7-19(18)29-20/h4-12,16H,13-14H2,1-3H3,(H,24,28). The van der Waals surface area contributed by atoms with Crippen LogP contribution in [0.15, 0.2) is 59.0 Å². The van der Waals surface area contributed by atoms with Crippen LogP contribution in [0.4, 0.5) is 0 Å². The summed E-state index contributed by atoms with van der Waals surface area (Å²) in [5.74, 6) is 0.701. The van der Waals surface area contributed by atoms with Gasteiger partial charge in [0.2, 0.25) is 5.01 Å². The lowest BCUT2D eigenvalue weighted by atomic mass is 10.1. The maximum Gasteiger partial charge on any atom is 0.282 e. The van der Waals surface area contributed by atoms with Crippen LogP contribution in [0.3, 0.4) is 0 Å². The molecule has 0 spiro atoms. The van der Waals surface area contributed by atoms with Crippen molar-refractivity contribution in [1.82, 2.24) is 20.4 Å². The second-order valence-corrected chi connectivity index (χ2v) is 8.51. The Hall–Kier alpha value is -3.03. The Morgan fingerprint density at radius 2 is 1.93 bits per heavy atom. The van der Waals surface area contributed by atoms with Crippen molar-refractivity contribution in [3.63, 3.8) is 0 Å². The van der Waals surface area contributed by atoms with Crippen molar-refractivity contribution >= 4 is 28.2 Å². The highest BCUT2D eigenvalue weighted by atomic mass is 32.1. The molecule has 2 aromatic heterocycles. The predicted molar refractivity (Wildman–Crippen MR) is 118 cm³/mol. The molecule has 0 aliphatic rings. The monoisotopic (exact) mass is 420 g/mol. The van der Waals surface area contributed by atoms with E-state index in [4.69, 9.17) is 4.42 Å². The summed E-state index contributed by atoms with van der Waals surface area (Å²) in [5.41, 5.74) is 3.13. The molecular weight excluding hydrogens is 396 g/mol. The summed E-state index contributed by atoms with van der Waals surface area (Å²) >= 11 is 1.32. The zero-order valence-corrected chi connectivity index (χ0v) is 18.1. The fourth-order valence-corrected chi connectivity index (χ4v) is 3.97. The van der Waals surface area contributed by atoms with Crippen LogP contribution in [0.1, 0.15) is 44.7 Å². The fourth-order valence-electron chi connectivity index (χ4n) is 3.15. The van der Waals surface area contributed by atoms with Crippen LogP contribution in [0.2, 0.25) is 0 Å². The van der Waals surface area contributed by atoms with Gasteiger partial charge in [-0.2, -0.15) is 0 Å². The second-order valence-electron chi connectivity index (χ2n) is 7.45. The summed E-state index contributed by atoms with van der Waals surface area (Å²) < 4.78 is 5.98. The summed E-state index contributed by atoms with van der Waals surface area (Å²) in [6.45, 7) is 5.18. The average Bonchev–Trinajstić information content (AvgIpc) is 3.39. The molecule has 0 aliphatic carbocycles. The molecule has 0 aliphatic heterocycles. The zero-order chi connectivity index (χ0) is 21.1. The van der Waals surface area contributed by atoms with Crippen molar-refractivity contribution in [2.75, 3.05) is 7.05 Å². The molecule has 1 unspecified atom stereocenters. The fraction of sp³-hybridized carbons (Fsp3) is 0.261. The van der Waals surface area contributed by atoms with Crippen molar-refractivity contribution in [1.29, 1.82) is 0 Å². The third kappa shape index (κ3) is 4.58. The SMILES string of the molecule is Cc1ccc(CNC(=O)c2nnc(CN(C)C(C)c3cc4ccccc4o3)s2)cc1. The molecule has 2 heterocycles. The van der Waals surface area contributed by atoms with Crippen LogP contribution >= 0.6 is 11.3 Å². The molecule has 0 saturated heterocycles. The Morgan fingerprint density at radius 1 is 1.17 bits per heavy atom. The van der Waals surface area contributed by atoms with Gasteiger partial charge in [-0.1, -0.05) is 59.4 Å². The van der Waals surface area contributed by atoms with Gasteiger partial charge in [0.15, 0.2) is 0 Å². The highest BCUT2D eigenvalue weighted by molar-refractivity contribution is 7.13. The van der Waals surface area contributed by atoms with Gasteiger partial charge in [0.1, 0.15) is 16.4 Å². The van der Waals surface area contributed by atoms with E-state index in [1.807, 2.05) is 62.5 Å². The molecule has 30 heavy (non-hydrogen) atoms. The summed E-state index contributed by atoms with van der Waals surface area (Å²) in [6, 6.07) is 18.2. The number of hydrogen-bond donors (Lipinski definition) is 1. The number of aryl methyl sites for hydroxylation is 1. The summed E-state index contributed by atoms with van der Waals surface area (Å²) in [5, 5.41) is 13.4. The lowest BCUT2D eigenvalue weighted by Gasteiger charge is -2.21. The Morgan fingerprint density at radius 3 is 2.70 bits per heavy atom. The number of amides is 1. The topological polar surface area (TPSA) is 71.3 Å². The van der Waals surface area contributed by atoms with Gasteiger partial charge < -0.3 is 9.73 Å². The maximum absolute atomic E-state index is 12.4. The molecule has 7 heteroatoms. The molecule has 4 aromatic rings. The zero-order valence-electron chi connectivity index (χ0n) is 17.3. The number of carbonyl (C=O) groups excluding carboxylic acids is 1. The number of carbonyl (C=O) groups is 1. The highest BCUT2D eigenvalue weighted by Gasteiger charge is 2.19. The van der Waals surface area contributed by atoms with Crippen LogP contribution in [0.5, 0.6) is 0 Å². The third-order valence-electron chi connectivity index (χ3n) is 5.14. The minimum absolute atomic E-state index is 0.0695. The number of nitrogens with zero attached hydrogens (tertiary/aromatic N) is 3. The number of para-hydroxylation sites is 1. The molecular formula is C23H24N4O2S. The first-order valence-corrected chi connectivity index (χ1v) is 10.7. The summed E-state index contributed by atoms with van der Waals surface area (Å²) in [7, 11) is 2.01. The van der Waals surface area contributed by atoms with E-state index in [1.165, 1.54) is 16.9 Å². The molecule has 0 saturated carbocycles. The Balaban J connectivity index is 1.35. The summed E-state index contributed by atoms with van der Waals surface area (Å²) in [6.07, 6.45) is 0. The van der Waals surface area contributed by atoms with Crippen molar-refractivity contribution in [3.8, 4) is 0 Å². The molecule has 4 rings (SSSR count). The van der Waals surface area contributed by atoms with Gasteiger partial charge in [-0.15, -0.1) is 10.2 Å². The number of furan rings is 1. The first-order valence-electron chi connectivity index (χ1n) is 9.84. The molecule has 1 atom stereocenters. The smallest absolute Gasteiger partial charge is 0.282 e. The first kappa shape index (κ1) is 20.3. The van der Waals surface area contributed by atoms with Gasteiger partial charge in [-0.05, 0) is 38.6 Å². The van der Waals surface area contributed by atoms with E-state index in [1.54, 1.807) is 0 Å². The van der Waals surface area contributed by atoms with E-state index in [2.05, 4.69) is 33.4 Å². The number of benzene rings is 2. The van der Waals surface area contributed by atoms with Crippen molar-refractivity contribution in [2.24, 2.45) is 0 Å². The van der Waals surface area contributed by atoms with Crippen LogP contribution in [-0.4, -0.2) is 28.1 Å². The molecule has 154 valence electrons. The van der Waals surface area contributed by atoms with Crippen LogP contribution in [0, 0.1) is 6.92 Å². The van der Waals surface area contributed by atoms with E-state index < -0.39 is 0 Å². The Labute approximate surface area is 179 Å². The molecule has 0 radical (unpaired) electrons. The molecule has 0 bridgehead atoms. The average molecular weight is 421 g/mol. The normalized spacial score (nSPS) is 12.4. The van der Waals surface area contributed by atoms with Crippen molar-refractivity contribution < 1.29 is 9.21 Å². The number of aromatic nitrogens is 2. The van der Waals surface area contributed by atoms with Crippen LogP contribution in [-0.2, 0) is 13.1 Å². The second kappa shape index (κ2) is 8.77. The molecule has 1 amide bonds. The lowest BCUT2D eigenvalue weighted by Crippen LogP contribution is -2.22. The molecule has 2 aromatic carbocycles. The number of fused-ring (bicyclic) bond motifs is 1. The number of hydrogen-bond acceptors (Lipinski definition) is 6. The van der Waals surface area contributed by atoms with Crippen molar-refractivity contribution in [2.45, 2.75) is 33.0 Å². The third-order valence-corrected chi connectivity index (χ3v) is 6.04. The molecule has 1 N–H and O–H groups in total. The largest absolute Gasteiger partial charge is 0.459 e. The van der Waals surface area contributed by atoms with Gasteiger partial charge in [0.25, 0.3) is 5.91 Å². The Kier molecular flexibility index (Phi) is 5.92. The van der Waals surface area contributed by atoms with E-state index in [0.717, 1.165) is 27.3 Å². The minimum atomic E-state index is -0.202. The number of rotatable bonds is 7. The van der Waals surface area contributed by atoms with E-state index in [0.29, 0.717) is 18.1 Å². The lowest BCUT2D eigenvalue weighted by molar-refractivity contribution is 0.0950.